The molecule has 0 atom stereocenters. The van der Waals surface area contributed by atoms with Gasteiger partial charge in [0.15, 0.2) is 11.6 Å². The lowest BCUT2D eigenvalue weighted by molar-refractivity contribution is 1.18. The molecule has 0 bridgehead atoms. The first-order chi connectivity index (χ1) is 30.7. The molecular weight excluding hydrogens is 753 g/mol. The maximum absolute atomic E-state index is 5.05. The maximum atomic E-state index is 5.05. The van der Waals surface area contributed by atoms with Crippen LogP contribution in [-0.4, -0.2) is 19.9 Å². The average Bonchev–Trinajstić information content (AvgIpc) is 3.37. The number of rotatable bonds is 8. The normalized spacial score (nSPS) is 11.2. The number of fused-ring (bicyclic) bond motifs is 3. The lowest BCUT2D eigenvalue weighted by Crippen LogP contribution is -1.96. The average molecular weight is 791 g/mol. The van der Waals surface area contributed by atoms with Crippen LogP contribution >= 0.6 is 0 Å². The first kappa shape index (κ1) is 36.7. The van der Waals surface area contributed by atoms with Gasteiger partial charge in [0.2, 0.25) is 0 Å². The van der Waals surface area contributed by atoms with Crippen molar-refractivity contribution in [3.8, 4) is 90.1 Å². The molecule has 0 amide bonds. The Balaban J connectivity index is 0.927. The predicted molar refractivity (Wildman–Crippen MR) is 256 cm³/mol. The van der Waals surface area contributed by atoms with Crippen LogP contribution in [0, 0.1) is 0 Å². The molecule has 0 saturated heterocycles. The summed E-state index contributed by atoms with van der Waals surface area (Å²) in [5.41, 5.74) is 14.5. The van der Waals surface area contributed by atoms with Gasteiger partial charge in [0.25, 0.3) is 0 Å². The van der Waals surface area contributed by atoms with Gasteiger partial charge in [-0.3, -0.25) is 0 Å². The van der Waals surface area contributed by atoms with Crippen LogP contribution in [0.5, 0.6) is 0 Å². The molecule has 0 unspecified atom stereocenters. The molecule has 62 heavy (non-hydrogen) atoms. The molecule has 2 heterocycles. The van der Waals surface area contributed by atoms with Crippen LogP contribution in [0.1, 0.15) is 0 Å². The SMILES string of the molecule is c1ccc(-c2cc(-c3ccc(-c4cccc5c4ccc4c(-c6ccc(-c7cc(-c8ccccc8)nc(-c8ccccc8)n7)cc6)cccc45)cc3)nc(-c3ccccc3)n2)cc1. The summed E-state index contributed by atoms with van der Waals surface area (Å²) in [6, 6.07) is 80.5. The number of hydrogen-bond acceptors (Lipinski definition) is 4. The van der Waals surface area contributed by atoms with Crippen molar-refractivity contribution in [1.82, 2.24) is 19.9 Å². The van der Waals surface area contributed by atoms with E-state index in [-0.39, 0.29) is 0 Å². The van der Waals surface area contributed by atoms with Crippen molar-refractivity contribution in [3.63, 3.8) is 0 Å². The third-order valence-corrected chi connectivity index (χ3v) is 11.6. The molecule has 11 rings (SSSR count). The van der Waals surface area contributed by atoms with Crippen LogP contribution in [0.15, 0.2) is 231 Å². The fraction of sp³-hybridized carbons (Fsp3) is 0. The molecule has 0 saturated carbocycles. The Labute approximate surface area is 360 Å². The van der Waals surface area contributed by atoms with E-state index in [0.717, 1.165) is 67.3 Å². The van der Waals surface area contributed by atoms with E-state index in [1.807, 2.05) is 72.8 Å². The lowest BCUT2D eigenvalue weighted by Gasteiger charge is -2.14. The van der Waals surface area contributed by atoms with Gasteiger partial charge in [0.05, 0.1) is 22.8 Å². The highest BCUT2D eigenvalue weighted by Gasteiger charge is 2.15. The van der Waals surface area contributed by atoms with Crippen LogP contribution in [0.3, 0.4) is 0 Å². The third kappa shape index (κ3) is 7.10. The predicted octanol–water partition coefficient (Wildman–Crippen LogP) is 14.9. The topological polar surface area (TPSA) is 51.6 Å². The van der Waals surface area contributed by atoms with Crippen LogP contribution in [0.4, 0.5) is 0 Å². The number of benzene rings is 9. The second kappa shape index (κ2) is 16.0. The second-order valence-electron chi connectivity index (χ2n) is 15.4. The number of aromatic nitrogens is 4. The summed E-state index contributed by atoms with van der Waals surface area (Å²) in [4.78, 5) is 20.1. The van der Waals surface area contributed by atoms with Crippen LogP contribution in [0.25, 0.3) is 112 Å². The zero-order valence-corrected chi connectivity index (χ0v) is 33.7. The van der Waals surface area contributed by atoms with E-state index in [1.165, 1.54) is 32.7 Å². The van der Waals surface area contributed by atoms with Gasteiger partial charge in [0.1, 0.15) is 0 Å². The summed E-state index contributed by atoms with van der Waals surface area (Å²) in [5.74, 6) is 1.42. The van der Waals surface area contributed by atoms with Crippen molar-refractivity contribution in [3.05, 3.63) is 231 Å². The quantitative estimate of drug-likeness (QED) is 0.144. The van der Waals surface area contributed by atoms with Crippen molar-refractivity contribution in [2.45, 2.75) is 0 Å². The van der Waals surface area contributed by atoms with E-state index in [9.17, 15) is 0 Å². The van der Waals surface area contributed by atoms with Gasteiger partial charge in [-0.2, -0.15) is 0 Å². The summed E-state index contributed by atoms with van der Waals surface area (Å²) < 4.78 is 0. The van der Waals surface area contributed by atoms with E-state index >= 15 is 0 Å². The van der Waals surface area contributed by atoms with Gasteiger partial charge >= 0.3 is 0 Å². The minimum atomic E-state index is 0.711. The molecule has 0 N–H and O–H groups in total. The number of hydrogen-bond donors (Lipinski definition) is 0. The van der Waals surface area contributed by atoms with Crippen LogP contribution in [0.2, 0.25) is 0 Å². The molecule has 0 aliphatic carbocycles. The first-order valence-corrected chi connectivity index (χ1v) is 20.9. The molecule has 0 fully saturated rings. The van der Waals surface area contributed by atoms with Gasteiger partial charge in [-0.05, 0) is 55.9 Å². The van der Waals surface area contributed by atoms with Gasteiger partial charge in [-0.15, -0.1) is 0 Å². The molecular formula is C58H38N4. The van der Waals surface area contributed by atoms with Crippen molar-refractivity contribution >= 4 is 21.5 Å². The Morgan fingerprint density at radius 2 is 0.484 bits per heavy atom. The highest BCUT2D eigenvalue weighted by molar-refractivity contribution is 6.15. The minimum Gasteiger partial charge on any atom is -0.228 e. The summed E-state index contributed by atoms with van der Waals surface area (Å²) in [6.07, 6.45) is 0. The highest BCUT2D eigenvalue weighted by Crippen LogP contribution is 2.39. The Morgan fingerprint density at radius 1 is 0.194 bits per heavy atom. The van der Waals surface area contributed by atoms with Crippen molar-refractivity contribution < 1.29 is 0 Å². The third-order valence-electron chi connectivity index (χ3n) is 11.6. The van der Waals surface area contributed by atoms with E-state index in [4.69, 9.17) is 19.9 Å². The molecule has 11 aromatic rings. The minimum absolute atomic E-state index is 0.711. The Bertz CT molecular complexity index is 3010. The molecule has 0 radical (unpaired) electrons. The smallest absolute Gasteiger partial charge is 0.160 e. The molecule has 4 nitrogen and oxygen atoms in total. The molecule has 2 aromatic heterocycles. The highest BCUT2D eigenvalue weighted by atomic mass is 14.9. The first-order valence-electron chi connectivity index (χ1n) is 20.9. The Hall–Kier alpha value is -8.34. The second-order valence-corrected chi connectivity index (χ2v) is 15.4. The summed E-state index contributed by atoms with van der Waals surface area (Å²) in [6.45, 7) is 0. The number of nitrogens with zero attached hydrogens (tertiary/aromatic N) is 4. The Kier molecular flexibility index (Phi) is 9.49. The summed E-state index contributed by atoms with van der Waals surface area (Å²) in [7, 11) is 0. The summed E-state index contributed by atoms with van der Waals surface area (Å²) in [5, 5.41) is 4.88. The molecule has 9 aromatic carbocycles. The maximum Gasteiger partial charge on any atom is 0.160 e. The molecule has 0 spiro atoms. The van der Waals surface area contributed by atoms with Gasteiger partial charge in [0, 0.05) is 33.4 Å². The molecule has 0 aliphatic heterocycles. The fourth-order valence-corrected chi connectivity index (χ4v) is 8.41. The Morgan fingerprint density at radius 3 is 0.823 bits per heavy atom. The van der Waals surface area contributed by atoms with Crippen LogP contribution in [-0.2, 0) is 0 Å². The van der Waals surface area contributed by atoms with Gasteiger partial charge in [-0.1, -0.05) is 218 Å². The zero-order valence-electron chi connectivity index (χ0n) is 33.7. The van der Waals surface area contributed by atoms with E-state index in [0.29, 0.717) is 11.6 Å². The summed E-state index contributed by atoms with van der Waals surface area (Å²) >= 11 is 0. The molecule has 290 valence electrons. The zero-order chi connectivity index (χ0) is 41.2. The van der Waals surface area contributed by atoms with Gasteiger partial charge < -0.3 is 0 Å². The van der Waals surface area contributed by atoms with Crippen LogP contribution < -0.4 is 0 Å². The fourth-order valence-electron chi connectivity index (χ4n) is 8.41. The monoisotopic (exact) mass is 790 g/mol. The van der Waals surface area contributed by atoms with E-state index in [2.05, 4.69) is 158 Å². The molecule has 4 heteroatoms. The van der Waals surface area contributed by atoms with E-state index < -0.39 is 0 Å². The van der Waals surface area contributed by atoms with E-state index in [1.54, 1.807) is 0 Å². The van der Waals surface area contributed by atoms with Crippen molar-refractivity contribution in [2.24, 2.45) is 0 Å². The largest absolute Gasteiger partial charge is 0.228 e. The van der Waals surface area contributed by atoms with Gasteiger partial charge in [-0.25, -0.2) is 19.9 Å². The standard InChI is InChI=1S/C58H38N4/c1-5-15-41(16-6-1)53-37-55(61-57(59-53)45-19-9-3-10-20-45)43-31-27-39(28-32-43)47-23-13-25-49-50-26-14-24-48(52(50)36-35-51(47)49)40-29-33-44(34-30-40)56-38-54(42-17-7-2-8-18-42)60-58(62-56)46-21-11-4-12-22-46/h1-38H. The molecule has 0 aliphatic rings. The lowest BCUT2D eigenvalue weighted by atomic mass is 9.91. The van der Waals surface area contributed by atoms with Crippen molar-refractivity contribution in [2.75, 3.05) is 0 Å². The van der Waals surface area contributed by atoms with Crippen molar-refractivity contribution in [1.29, 1.82) is 0 Å².